The van der Waals surface area contributed by atoms with Crippen LogP contribution < -0.4 is 10.1 Å². The molecule has 3 rings (SSSR count). The minimum atomic E-state index is -0.673. The van der Waals surface area contributed by atoms with Crippen LogP contribution in [0, 0.1) is 5.92 Å². The fourth-order valence-electron chi connectivity index (χ4n) is 4.88. The second kappa shape index (κ2) is 12.4. The van der Waals surface area contributed by atoms with Crippen molar-refractivity contribution < 1.29 is 14.3 Å². The number of anilines is 1. The van der Waals surface area contributed by atoms with Gasteiger partial charge in [-0.1, -0.05) is 39.5 Å². The first-order chi connectivity index (χ1) is 15.1. The number of piperidine rings is 1. The van der Waals surface area contributed by atoms with Crippen LogP contribution in [0.25, 0.3) is 0 Å². The number of likely N-dealkylation sites (tertiary alicyclic amines) is 1. The van der Waals surface area contributed by atoms with Gasteiger partial charge in [0.05, 0.1) is 6.61 Å². The van der Waals surface area contributed by atoms with Gasteiger partial charge in [0.2, 0.25) is 0 Å². The number of carbonyl (C=O) groups is 1. The van der Waals surface area contributed by atoms with E-state index in [9.17, 15) is 4.79 Å². The largest absolute Gasteiger partial charge is 0.494 e. The van der Waals surface area contributed by atoms with Gasteiger partial charge in [0, 0.05) is 25.4 Å². The standard InChI is InChI=1S/C26H42N2O3/c1-3-19-31-26(15-6-4-5-7-16-26)25(29)27-23-11-13-24(14-12-23)30-20-9-18-28-17-8-10-22(2)21-28/h11-14,22H,3-10,15-21H2,1-2H3,(H,27,29). The molecule has 174 valence electrons. The number of hydrogen-bond acceptors (Lipinski definition) is 4. The smallest absolute Gasteiger partial charge is 0.256 e. The third kappa shape index (κ3) is 7.50. The molecule has 2 aliphatic rings. The summed E-state index contributed by atoms with van der Waals surface area (Å²) in [6.45, 7) is 9.35. The van der Waals surface area contributed by atoms with Crippen molar-refractivity contribution in [2.75, 3.05) is 38.2 Å². The molecule has 1 saturated heterocycles. The lowest BCUT2D eigenvalue weighted by atomic mass is 9.92. The lowest BCUT2D eigenvalue weighted by Crippen LogP contribution is -2.45. The van der Waals surface area contributed by atoms with Crippen molar-refractivity contribution in [1.82, 2.24) is 4.90 Å². The molecule has 1 atom stereocenters. The molecular weight excluding hydrogens is 388 g/mol. The first kappa shape index (κ1) is 24.1. The average Bonchev–Trinajstić information content (AvgIpc) is 3.03. The van der Waals surface area contributed by atoms with E-state index in [1.54, 1.807) is 0 Å². The molecule has 0 spiro atoms. The van der Waals surface area contributed by atoms with Crippen LogP contribution in [0.15, 0.2) is 24.3 Å². The highest BCUT2D eigenvalue weighted by atomic mass is 16.5. The van der Waals surface area contributed by atoms with E-state index >= 15 is 0 Å². The molecule has 2 fully saturated rings. The summed E-state index contributed by atoms with van der Waals surface area (Å²) in [5.74, 6) is 1.69. The monoisotopic (exact) mass is 430 g/mol. The van der Waals surface area contributed by atoms with Gasteiger partial charge in [0.15, 0.2) is 0 Å². The first-order valence-corrected chi connectivity index (χ1v) is 12.5. The maximum atomic E-state index is 13.1. The number of rotatable bonds is 10. The molecule has 1 heterocycles. The Labute approximate surface area is 188 Å². The third-order valence-electron chi connectivity index (χ3n) is 6.65. The highest BCUT2D eigenvalue weighted by molar-refractivity contribution is 5.97. The molecule has 0 bridgehead atoms. The highest BCUT2D eigenvalue weighted by Crippen LogP contribution is 2.32. The van der Waals surface area contributed by atoms with Crippen LogP contribution >= 0.6 is 0 Å². The molecule has 1 N–H and O–H groups in total. The number of nitrogens with one attached hydrogen (secondary N) is 1. The Morgan fingerprint density at radius 2 is 1.84 bits per heavy atom. The molecule has 1 aromatic carbocycles. The van der Waals surface area contributed by atoms with Crippen molar-refractivity contribution in [3.8, 4) is 5.75 Å². The lowest BCUT2D eigenvalue weighted by molar-refractivity contribution is -0.143. The van der Waals surface area contributed by atoms with Crippen molar-refractivity contribution in [2.24, 2.45) is 5.92 Å². The minimum absolute atomic E-state index is 0.00674. The Morgan fingerprint density at radius 3 is 2.52 bits per heavy atom. The summed E-state index contributed by atoms with van der Waals surface area (Å²) in [6.07, 6.45) is 10.8. The van der Waals surface area contributed by atoms with Gasteiger partial charge in [0.25, 0.3) is 5.91 Å². The van der Waals surface area contributed by atoms with Crippen LogP contribution in [0.3, 0.4) is 0 Å². The molecule has 5 heteroatoms. The van der Waals surface area contributed by atoms with E-state index in [-0.39, 0.29) is 5.91 Å². The summed E-state index contributed by atoms with van der Waals surface area (Å²) in [6, 6.07) is 7.77. The molecule has 1 unspecified atom stereocenters. The van der Waals surface area contributed by atoms with Gasteiger partial charge in [-0.3, -0.25) is 4.79 Å². The summed E-state index contributed by atoms with van der Waals surface area (Å²) in [7, 11) is 0. The Balaban J connectivity index is 1.45. The number of ether oxygens (including phenoxy) is 2. The minimum Gasteiger partial charge on any atom is -0.494 e. The molecule has 1 aromatic rings. The van der Waals surface area contributed by atoms with E-state index in [1.807, 2.05) is 24.3 Å². The average molecular weight is 431 g/mol. The molecule has 0 aromatic heterocycles. The van der Waals surface area contributed by atoms with E-state index in [0.717, 1.165) is 69.0 Å². The second-order valence-electron chi connectivity index (χ2n) is 9.49. The summed E-state index contributed by atoms with van der Waals surface area (Å²) >= 11 is 0. The molecule has 1 amide bonds. The van der Waals surface area contributed by atoms with Gasteiger partial charge >= 0.3 is 0 Å². The molecule has 1 aliphatic heterocycles. The van der Waals surface area contributed by atoms with Crippen molar-refractivity contribution in [2.45, 2.75) is 83.7 Å². The Hall–Kier alpha value is -1.59. The van der Waals surface area contributed by atoms with Crippen molar-refractivity contribution in [3.63, 3.8) is 0 Å². The molecule has 31 heavy (non-hydrogen) atoms. The zero-order valence-corrected chi connectivity index (χ0v) is 19.7. The molecular formula is C26H42N2O3. The van der Waals surface area contributed by atoms with Crippen LogP contribution in [-0.4, -0.2) is 49.3 Å². The number of hydrogen-bond donors (Lipinski definition) is 1. The highest BCUT2D eigenvalue weighted by Gasteiger charge is 2.39. The van der Waals surface area contributed by atoms with Crippen molar-refractivity contribution in [3.05, 3.63) is 24.3 Å². The summed E-state index contributed by atoms with van der Waals surface area (Å²) in [4.78, 5) is 15.7. The fourth-order valence-corrected chi connectivity index (χ4v) is 4.88. The van der Waals surface area contributed by atoms with Gasteiger partial charge in [0.1, 0.15) is 11.4 Å². The first-order valence-electron chi connectivity index (χ1n) is 12.5. The SMILES string of the molecule is CCCOC1(C(=O)Nc2ccc(OCCCN3CCCC(C)C3)cc2)CCCCCC1. The number of benzene rings is 1. The van der Waals surface area contributed by atoms with Crippen LogP contribution in [0.5, 0.6) is 5.75 Å². The Bertz CT molecular complexity index is 653. The lowest BCUT2D eigenvalue weighted by Gasteiger charge is -2.31. The summed E-state index contributed by atoms with van der Waals surface area (Å²) < 4.78 is 12.1. The fraction of sp³-hybridized carbons (Fsp3) is 0.731. The van der Waals surface area contributed by atoms with E-state index in [4.69, 9.17) is 9.47 Å². The second-order valence-corrected chi connectivity index (χ2v) is 9.49. The van der Waals surface area contributed by atoms with Gasteiger partial charge < -0.3 is 19.7 Å². The number of nitrogens with zero attached hydrogens (tertiary/aromatic N) is 1. The van der Waals surface area contributed by atoms with Gasteiger partial charge in [-0.05, 0) is 75.3 Å². The molecule has 0 radical (unpaired) electrons. The van der Waals surface area contributed by atoms with Crippen LogP contribution in [0.4, 0.5) is 5.69 Å². The normalized spacial score (nSPS) is 21.9. The van der Waals surface area contributed by atoms with Crippen LogP contribution in [-0.2, 0) is 9.53 Å². The van der Waals surface area contributed by atoms with E-state index in [2.05, 4.69) is 24.1 Å². The third-order valence-corrected chi connectivity index (χ3v) is 6.65. The topological polar surface area (TPSA) is 50.8 Å². The Kier molecular flexibility index (Phi) is 9.66. The van der Waals surface area contributed by atoms with Gasteiger partial charge in [-0.2, -0.15) is 0 Å². The number of carbonyl (C=O) groups excluding carboxylic acids is 1. The van der Waals surface area contributed by atoms with Crippen LogP contribution in [0.2, 0.25) is 0 Å². The van der Waals surface area contributed by atoms with Crippen molar-refractivity contribution >= 4 is 11.6 Å². The van der Waals surface area contributed by atoms with E-state index < -0.39 is 5.60 Å². The van der Waals surface area contributed by atoms with E-state index in [0.29, 0.717) is 6.61 Å². The van der Waals surface area contributed by atoms with Gasteiger partial charge in [-0.15, -0.1) is 0 Å². The maximum Gasteiger partial charge on any atom is 0.256 e. The predicted molar refractivity (Wildman–Crippen MR) is 127 cm³/mol. The summed E-state index contributed by atoms with van der Waals surface area (Å²) in [5.41, 5.74) is 0.136. The van der Waals surface area contributed by atoms with Gasteiger partial charge in [-0.25, -0.2) is 0 Å². The number of amides is 1. The molecule has 1 saturated carbocycles. The van der Waals surface area contributed by atoms with Crippen molar-refractivity contribution in [1.29, 1.82) is 0 Å². The maximum absolute atomic E-state index is 13.1. The predicted octanol–water partition coefficient (Wildman–Crippen LogP) is 5.65. The van der Waals surface area contributed by atoms with E-state index in [1.165, 1.54) is 38.8 Å². The molecule has 5 nitrogen and oxygen atoms in total. The zero-order valence-electron chi connectivity index (χ0n) is 19.7. The summed E-state index contributed by atoms with van der Waals surface area (Å²) in [5, 5.41) is 3.10. The molecule has 1 aliphatic carbocycles. The van der Waals surface area contributed by atoms with Crippen LogP contribution in [0.1, 0.15) is 78.1 Å². The quantitative estimate of drug-likeness (QED) is 0.385. The zero-order chi connectivity index (χ0) is 21.9. The Morgan fingerprint density at radius 1 is 1.10 bits per heavy atom.